The number of rotatable bonds is 6. The molecule has 3 rings (SSSR count). The molecule has 0 spiro atoms. The van der Waals surface area contributed by atoms with Crippen LogP contribution in [0.4, 0.5) is 0 Å². The normalized spacial score (nSPS) is 11.2. The number of benzene rings is 1. The highest BCUT2D eigenvalue weighted by molar-refractivity contribution is 7.89. The van der Waals surface area contributed by atoms with Gasteiger partial charge in [-0.05, 0) is 30.3 Å². The summed E-state index contributed by atoms with van der Waals surface area (Å²) in [6, 6.07) is 7.07. The average Bonchev–Trinajstić information content (AvgIpc) is 3.14. The standard InChI is InChI=1S/C16H14N4O6S/c1-24-13-5-4-11(27(17,22)23)7-12(13)16(21)25-9-14-19-15(20-26-14)10-3-2-6-18-8-10/h2-8H,9H2,1H3,(H2,17,22,23). The third kappa shape index (κ3) is 4.27. The molecule has 10 nitrogen and oxygen atoms in total. The second-order valence-electron chi connectivity index (χ2n) is 5.24. The molecule has 0 radical (unpaired) electrons. The zero-order chi connectivity index (χ0) is 19.4. The fourth-order valence-corrected chi connectivity index (χ4v) is 2.69. The van der Waals surface area contributed by atoms with Gasteiger partial charge in [0.2, 0.25) is 15.8 Å². The molecule has 0 aliphatic heterocycles. The molecule has 3 aromatic rings. The van der Waals surface area contributed by atoms with Crippen molar-refractivity contribution in [3.63, 3.8) is 0 Å². The molecule has 0 fully saturated rings. The molecule has 0 unspecified atom stereocenters. The number of hydrogen-bond acceptors (Lipinski definition) is 9. The van der Waals surface area contributed by atoms with Crippen molar-refractivity contribution in [1.82, 2.24) is 15.1 Å². The number of methoxy groups -OCH3 is 1. The average molecular weight is 390 g/mol. The van der Waals surface area contributed by atoms with E-state index in [2.05, 4.69) is 15.1 Å². The lowest BCUT2D eigenvalue weighted by atomic mass is 10.2. The Labute approximate surface area is 154 Å². The van der Waals surface area contributed by atoms with Crippen molar-refractivity contribution in [2.75, 3.05) is 7.11 Å². The predicted octanol–water partition coefficient (Wildman–Crippen LogP) is 1.14. The molecule has 0 bridgehead atoms. The summed E-state index contributed by atoms with van der Waals surface area (Å²) in [5, 5.41) is 8.86. The van der Waals surface area contributed by atoms with Crippen LogP contribution in [-0.2, 0) is 21.4 Å². The summed E-state index contributed by atoms with van der Waals surface area (Å²) in [6.07, 6.45) is 3.17. The number of carbonyl (C=O) groups is 1. The van der Waals surface area contributed by atoms with E-state index in [4.69, 9.17) is 19.1 Å². The van der Waals surface area contributed by atoms with Crippen molar-refractivity contribution in [2.24, 2.45) is 5.14 Å². The van der Waals surface area contributed by atoms with Crippen LogP contribution < -0.4 is 9.88 Å². The molecular weight excluding hydrogens is 376 g/mol. The van der Waals surface area contributed by atoms with Gasteiger partial charge in [0.1, 0.15) is 11.3 Å². The first-order valence-corrected chi connectivity index (χ1v) is 9.04. The van der Waals surface area contributed by atoms with Gasteiger partial charge in [-0.3, -0.25) is 4.98 Å². The molecule has 140 valence electrons. The van der Waals surface area contributed by atoms with E-state index >= 15 is 0 Å². The molecule has 0 aliphatic carbocycles. The molecule has 2 heterocycles. The van der Waals surface area contributed by atoms with Gasteiger partial charge >= 0.3 is 5.97 Å². The van der Waals surface area contributed by atoms with Gasteiger partial charge in [-0.15, -0.1) is 0 Å². The first-order chi connectivity index (χ1) is 12.9. The van der Waals surface area contributed by atoms with E-state index in [1.54, 1.807) is 24.5 Å². The van der Waals surface area contributed by atoms with E-state index < -0.39 is 16.0 Å². The number of primary sulfonamides is 1. The van der Waals surface area contributed by atoms with Crippen molar-refractivity contribution in [3.05, 3.63) is 54.2 Å². The number of nitrogens with two attached hydrogens (primary N) is 1. The van der Waals surface area contributed by atoms with E-state index in [1.807, 2.05) is 0 Å². The van der Waals surface area contributed by atoms with Crippen LogP contribution in [0.2, 0.25) is 0 Å². The number of pyridine rings is 1. The fraction of sp³-hybridized carbons (Fsp3) is 0.125. The number of hydrogen-bond donors (Lipinski definition) is 1. The first-order valence-electron chi connectivity index (χ1n) is 7.49. The van der Waals surface area contributed by atoms with E-state index in [0.717, 1.165) is 6.07 Å². The van der Waals surface area contributed by atoms with Gasteiger partial charge in [0.15, 0.2) is 6.61 Å². The number of esters is 1. The first kappa shape index (κ1) is 18.5. The topological polar surface area (TPSA) is 148 Å². The Bertz CT molecular complexity index is 1070. The van der Waals surface area contributed by atoms with Gasteiger partial charge in [0.25, 0.3) is 5.89 Å². The minimum atomic E-state index is -3.99. The summed E-state index contributed by atoms with van der Waals surface area (Å²) in [5.74, 6) is -0.348. The molecule has 2 aromatic heterocycles. The third-order valence-corrected chi connectivity index (χ3v) is 4.34. The van der Waals surface area contributed by atoms with E-state index in [9.17, 15) is 13.2 Å². The summed E-state index contributed by atoms with van der Waals surface area (Å²) < 4.78 is 38.1. The molecule has 2 N–H and O–H groups in total. The molecule has 1 aromatic carbocycles. The van der Waals surface area contributed by atoms with Gasteiger partial charge in [-0.1, -0.05) is 5.16 Å². The van der Waals surface area contributed by atoms with Crippen LogP contribution in [0.5, 0.6) is 5.75 Å². The summed E-state index contributed by atoms with van der Waals surface area (Å²) in [6.45, 7) is -0.311. The highest BCUT2D eigenvalue weighted by Crippen LogP contribution is 2.23. The van der Waals surface area contributed by atoms with E-state index in [0.29, 0.717) is 11.4 Å². The maximum atomic E-state index is 12.3. The molecular formula is C16H14N4O6S. The van der Waals surface area contributed by atoms with Crippen LogP contribution in [0.25, 0.3) is 11.4 Å². The largest absolute Gasteiger partial charge is 0.496 e. The highest BCUT2D eigenvalue weighted by Gasteiger charge is 2.19. The third-order valence-electron chi connectivity index (χ3n) is 3.43. The van der Waals surface area contributed by atoms with Gasteiger partial charge in [0.05, 0.1) is 12.0 Å². The van der Waals surface area contributed by atoms with Gasteiger partial charge in [-0.2, -0.15) is 4.98 Å². The number of aromatic nitrogens is 3. The van der Waals surface area contributed by atoms with Gasteiger partial charge in [-0.25, -0.2) is 18.4 Å². The Morgan fingerprint density at radius 2 is 2.11 bits per heavy atom. The Morgan fingerprint density at radius 1 is 1.30 bits per heavy atom. The Balaban J connectivity index is 1.76. The lowest BCUT2D eigenvalue weighted by Gasteiger charge is -2.09. The van der Waals surface area contributed by atoms with Crippen LogP contribution in [0.1, 0.15) is 16.2 Å². The van der Waals surface area contributed by atoms with Crippen molar-refractivity contribution in [2.45, 2.75) is 11.5 Å². The van der Waals surface area contributed by atoms with Crippen LogP contribution in [-0.4, -0.2) is 36.6 Å². The Morgan fingerprint density at radius 3 is 2.78 bits per heavy atom. The van der Waals surface area contributed by atoms with Crippen LogP contribution >= 0.6 is 0 Å². The van der Waals surface area contributed by atoms with Crippen LogP contribution in [0, 0.1) is 0 Å². The van der Waals surface area contributed by atoms with Crippen molar-refractivity contribution >= 4 is 16.0 Å². The maximum Gasteiger partial charge on any atom is 0.342 e. The molecule has 0 aliphatic rings. The Hall–Kier alpha value is -3.31. The molecule has 0 saturated heterocycles. The smallest absolute Gasteiger partial charge is 0.342 e. The van der Waals surface area contributed by atoms with Gasteiger partial charge < -0.3 is 14.0 Å². The molecule has 0 saturated carbocycles. The second kappa shape index (κ2) is 7.51. The van der Waals surface area contributed by atoms with Crippen LogP contribution in [0.15, 0.2) is 52.1 Å². The second-order valence-corrected chi connectivity index (χ2v) is 6.80. The zero-order valence-electron chi connectivity index (χ0n) is 14.0. The molecule has 0 amide bonds. The summed E-state index contributed by atoms with van der Waals surface area (Å²) in [7, 11) is -2.65. The van der Waals surface area contributed by atoms with Crippen molar-refractivity contribution in [3.8, 4) is 17.1 Å². The minimum absolute atomic E-state index is 0.0590. The molecule has 0 atom stereocenters. The van der Waals surface area contributed by atoms with E-state index in [1.165, 1.54) is 19.2 Å². The van der Waals surface area contributed by atoms with Crippen molar-refractivity contribution < 1.29 is 27.2 Å². The number of ether oxygens (including phenoxy) is 2. The highest BCUT2D eigenvalue weighted by atomic mass is 32.2. The lowest BCUT2D eigenvalue weighted by molar-refractivity contribution is 0.0426. The number of sulfonamides is 1. The monoisotopic (exact) mass is 390 g/mol. The molecule has 11 heteroatoms. The quantitative estimate of drug-likeness (QED) is 0.612. The zero-order valence-corrected chi connectivity index (χ0v) is 14.8. The Kier molecular flexibility index (Phi) is 5.14. The predicted molar refractivity (Wildman–Crippen MR) is 91.0 cm³/mol. The number of nitrogens with zero attached hydrogens (tertiary/aromatic N) is 3. The summed E-state index contributed by atoms with van der Waals surface area (Å²) >= 11 is 0. The van der Waals surface area contributed by atoms with E-state index in [-0.39, 0.29) is 28.7 Å². The number of carbonyl (C=O) groups excluding carboxylic acids is 1. The van der Waals surface area contributed by atoms with Crippen LogP contribution in [0.3, 0.4) is 0 Å². The summed E-state index contributed by atoms with van der Waals surface area (Å²) in [4.78, 5) is 20.1. The van der Waals surface area contributed by atoms with Gasteiger partial charge in [0, 0.05) is 18.0 Å². The fourth-order valence-electron chi connectivity index (χ4n) is 2.15. The molecule has 27 heavy (non-hydrogen) atoms. The SMILES string of the molecule is COc1ccc(S(N)(=O)=O)cc1C(=O)OCc1nc(-c2cccnc2)no1. The van der Waals surface area contributed by atoms with Crippen molar-refractivity contribution in [1.29, 1.82) is 0 Å². The summed E-state index contributed by atoms with van der Waals surface area (Å²) in [5.41, 5.74) is 0.539. The lowest BCUT2D eigenvalue weighted by Crippen LogP contribution is -2.14. The minimum Gasteiger partial charge on any atom is -0.496 e. The maximum absolute atomic E-state index is 12.3.